The van der Waals surface area contributed by atoms with E-state index in [4.69, 9.17) is 13.3 Å². The molecule has 12 heavy (non-hydrogen) atoms. The molecule has 0 aromatic heterocycles. The number of hydrogen-bond acceptors (Lipinski definition) is 3. The van der Waals surface area contributed by atoms with E-state index in [-0.39, 0.29) is 0 Å². The van der Waals surface area contributed by atoms with E-state index in [2.05, 4.69) is 13.2 Å². The summed E-state index contributed by atoms with van der Waals surface area (Å²) in [6.45, 7) is 7.46. The van der Waals surface area contributed by atoms with Crippen molar-refractivity contribution in [1.82, 2.24) is 0 Å². The van der Waals surface area contributed by atoms with E-state index in [0.717, 1.165) is 5.20 Å². The van der Waals surface area contributed by atoms with Crippen LogP contribution in [0, 0.1) is 0 Å². The average molecular weight is 188 g/mol. The quantitative estimate of drug-likeness (QED) is 0.467. The zero-order valence-electron chi connectivity index (χ0n) is 7.92. The van der Waals surface area contributed by atoms with Gasteiger partial charge in [-0.3, -0.25) is 0 Å². The minimum Gasteiger partial charge on any atom is -0.374 e. The minimum atomic E-state index is -2.61. The highest BCUT2D eigenvalue weighted by Gasteiger charge is 2.40. The molecule has 0 atom stereocenters. The molecule has 0 rings (SSSR count). The molecule has 0 bridgehead atoms. The van der Waals surface area contributed by atoms with Crippen molar-refractivity contribution >= 4 is 8.80 Å². The Labute approximate surface area is 75.0 Å². The minimum absolute atomic E-state index is 0.655. The second-order valence-electron chi connectivity index (χ2n) is 2.26. The molecular formula is C8H16O3Si. The Morgan fingerprint density at radius 2 is 1.67 bits per heavy atom. The van der Waals surface area contributed by atoms with Crippen LogP contribution in [-0.4, -0.2) is 30.1 Å². The van der Waals surface area contributed by atoms with Crippen LogP contribution in [0.5, 0.6) is 0 Å². The van der Waals surface area contributed by atoms with Gasteiger partial charge in [0.2, 0.25) is 0 Å². The molecule has 3 nitrogen and oxygen atoms in total. The van der Waals surface area contributed by atoms with Crippen LogP contribution >= 0.6 is 0 Å². The van der Waals surface area contributed by atoms with E-state index in [1.54, 1.807) is 27.4 Å². The van der Waals surface area contributed by atoms with Crippen molar-refractivity contribution in [2.75, 3.05) is 21.3 Å². The smallest absolute Gasteiger partial charge is 0.374 e. The van der Waals surface area contributed by atoms with E-state index in [1.807, 2.05) is 0 Å². The summed E-state index contributed by atoms with van der Waals surface area (Å²) in [6, 6.07) is 0. The van der Waals surface area contributed by atoms with Crippen molar-refractivity contribution in [3.63, 3.8) is 0 Å². The Morgan fingerprint density at radius 1 is 1.25 bits per heavy atom. The Bertz CT molecular complexity index is 155. The fourth-order valence-electron chi connectivity index (χ4n) is 0.982. The number of rotatable bonds is 6. The molecule has 0 saturated carbocycles. The molecule has 0 aromatic carbocycles. The van der Waals surface area contributed by atoms with Gasteiger partial charge in [0.25, 0.3) is 0 Å². The fourth-order valence-corrected chi connectivity index (χ4v) is 2.74. The second kappa shape index (κ2) is 5.26. The summed E-state index contributed by atoms with van der Waals surface area (Å²) in [5.74, 6) is 0. The molecule has 0 fully saturated rings. The summed E-state index contributed by atoms with van der Waals surface area (Å²) >= 11 is 0. The SMILES string of the molecule is C=CCC(=C)[Si](OC)(OC)OC. The molecule has 70 valence electrons. The average Bonchev–Trinajstić information content (AvgIpc) is 2.09. The van der Waals surface area contributed by atoms with Crippen LogP contribution in [0.25, 0.3) is 0 Å². The molecule has 4 heteroatoms. The van der Waals surface area contributed by atoms with Crippen LogP contribution < -0.4 is 0 Å². The summed E-state index contributed by atoms with van der Waals surface area (Å²) < 4.78 is 15.6. The lowest BCUT2D eigenvalue weighted by Gasteiger charge is -2.25. The number of allylic oxidation sites excluding steroid dienone is 2. The molecule has 0 unspecified atom stereocenters. The highest BCUT2D eigenvalue weighted by atomic mass is 28.4. The third-order valence-electron chi connectivity index (χ3n) is 1.63. The summed E-state index contributed by atoms with van der Waals surface area (Å²) in [4.78, 5) is 0. The van der Waals surface area contributed by atoms with Gasteiger partial charge >= 0.3 is 8.80 Å². The summed E-state index contributed by atoms with van der Waals surface area (Å²) in [5, 5.41) is 0.824. The Hall–Kier alpha value is -0.423. The van der Waals surface area contributed by atoms with Gasteiger partial charge in [0.1, 0.15) is 0 Å². The van der Waals surface area contributed by atoms with Crippen molar-refractivity contribution in [3.05, 3.63) is 24.4 Å². The topological polar surface area (TPSA) is 27.7 Å². The molecule has 0 amide bonds. The summed E-state index contributed by atoms with van der Waals surface area (Å²) in [7, 11) is 2.08. The van der Waals surface area contributed by atoms with Gasteiger partial charge in [-0.15, -0.1) is 6.58 Å². The largest absolute Gasteiger partial charge is 0.531 e. The molecule has 0 aliphatic heterocycles. The van der Waals surface area contributed by atoms with Crippen LogP contribution in [0.3, 0.4) is 0 Å². The van der Waals surface area contributed by atoms with Crippen molar-refractivity contribution in [3.8, 4) is 0 Å². The van der Waals surface area contributed by atoms with Crippen molar-refractivity contribution in [1.29, 1.82) is 0 Å². The molecule has 0 heterocycles. The Morgan fingerprint density at radius 3 is 1.92 bits per heavy atom. The molecule has 0 radical (unpaired) electrons. The van der Waals surface area contributed by atoms with Gasteiger partial charge < -0.3 is 13.3 Å². The van der Waals surface area contributed by atoms with Gasteiger partial charge in [-0.25, -0.2) is 0 Å². The lowest BCUT2D eigenvalue weighted by molar-refractivity contribution is 0.134. The van der Waals surface area contributed by atoms with Crippen LogP contribution in [0.15, 0.2) is 24.4 Å². The predicted octanol–water partition coefficient (Wildman–Crippen LogP) is 1.54. The van der Waals surface area contributed by atoms with Gasteiger partial charge in [-0.1, -0.05) is 12.7 Å². The Balaban J connectivity index is 4.46. The lowest BCUT2D eigenvalue weighted by atomic mass is 10.4. The maximum absolute atomic E-state index is 5.20. The third-order valence-corrected chi connectivity index (χ3v) is 4.31. The third kappa shape index (κ3) is 2.28. The van der Waals surface area contributed by atoms with Crippen LogP contribution in [-0.2, 0) is 13.3 Å². The molecule has 0 aliphatic carbocycles. The molecule has 0 aliphatic rings. The van der Waals surface area contributed by atoms with E-state index >= 15 is 0 Å². The van der Waals surface area contributed by atoms with Gasteiger partial charge in [-0.2, -0.15) is 0 Å². The summed E-state index contributed by atoms with van der Waals surface area (Å²) in [6.07, 6.45) is 2.41. The maximum atomic E-state index is 5.20. The first kappa shape index (κ1) is 11.6. The lowest BCUT2D eigenvalue weighted by Crippen LogP contribution is -2.45. The zero-order chi connectivity index (χ0) is 9.61. The van der Waals surface area contributed by atoms with E-state index in [0.29, 0.717) is 6.42 Å². The summed E-state index contributed by atoms with van der Waals surface area (Å²) in [5.41, 5.74) is 0. The monoisotopic (exact) mass is 188 g/mol. The normalized spacial score (nSPS) is 11.2. The first-order valence-corrected chi connectivity index (χ1v) is 5.34. The van der Waals surface area contributed by atoms with E-state index in [1.165, 1.54) is 0 Å². The predicted molar refractivity (Wildman–Crippen MR) is 50.7 cm³/mol. The van der Waals surface area contributed by atoms with Gasteiger partial charge in [0, 0.05) is 21.3 Å². The Kier molecular flexibility index (Phi) is 5.08. The van der Waals surface area contributed by atoms with Crippen LogP contribution in [0.4, 0.5) is 0 Å². The van der Waals surface area contributed by atoms with Crippen molar-refractivity contribution < 1.29 is 13.3 Å². The standard InChI is InChI=1S/C8H16O3Si/c1-6-7-8(2)12(9-3,10-4)11-5/h6H,1-2,7H2,3-5H3. The zero-order valence-corrected chi connectivity index (χ0v) is 8.92. The maximum Gasteiger partial charge on any atom is 0.531 e. The van der Waals surface area contributed by atoms with E-state index in [9.17, 15) is 0 Å². The molecule has 0 saturated heterocycles. The fraction of sp³-hybridized carbons (Fsp3) is 0.500. The van der Waals surface area contributed by atoms with Gasteiger partial charge in [-0.05, 0) is 11.6 Å². The molecule has 0 aromatic rings. The molecule has 0 N–H and O–H groups in total. The van der Waals surface area contributed by atoms with E-state index < -0.39 is 8.80 Å². The molecular weight excluding hydrogens is 172 g/mol. The molecule has 0 spiro atoms. The van der Waals surface area contributed by atoms with Crippen molar-refractivity contribution in [2.24, 2.45) is 0 Å². The first-order chi connectivity index (χ1) is 5.66. The van der Waals surface area contributed by atoms with Crippen molar-refractivity contribution in [2.45, 2.75) is 6.42 Å². The van der Waals surface area contributed by atoms with Crippen LogP contribution in [0.2, 0.25) is 0 Å². The van der Waals surface area contributed by atoms with Gasteiger partial charge in [0.05, 0.1) is 0 Å². The van der Waals surface area contributed by atoms with Gasteiger partial charge in [0.15, 0.2) is 0 Å². The second-order valence-corrected chi connectivity index (χ2v) is 5.31. The highest BCUT2D eigenvalue weighted by Crippen LogP contribution is 2.18. The first-order valence-electron chi connectivity index (χ1n) is 3.61. The highest BCUT2D eigenvalue weighted by molar-refractivity contribution is 6.68. The van der Waals surface area contributed by atoms with Crippen LogP contribution in [0.1, 0.15) is 6.42 Å². The number of hydrogen-bond donors (Lipinski definition) is 0.